The average Bonchev–Trinajstić information content (AvgIpc) is 2.82. The molecule has 6 nitrogen and oxygen atoms in total. The standard InChI is InChI=1S/C27H35N3O3/c1-27(2)13-9-23(10-14-27)33-24-6-4-5-21(18-24)17-20-11-15-30(16-12-20)26(31)29-22-7-8-25(32-3)28-19-22/h4-8,17-19,23H,9-16H2,1-3H3,(H,29,31). The van der Waals surface area contributed by atoms with Gasteiger partial charge in [0.15, 0.2) is 0 Å². The molecule has 0 bridgehead atoms. The van der Waals surface area contributed by atoms with Gasteiger partial charge in [0.25, 0.3) is 0 Å². The van der Waals surface area contributed by atoms with E-state index in [9.17, 15) is 4.79 Å². The number of pyridine rings is 1. The lowest BCUT2D eigenvalue weighted by Crippen LogP contribution is -2.39. The number of amides is 2. The Hall–Kier alpha value is -3.02. The molecule has 1 aliphatic carbocycles. The van der Waals surface area contributed by atoms with Crippen molar-refractivity contribution in [2.75, 3.05) is 25.5 Å². The summed E-state index contributed by atoms with van der Waals surface area (Å²) in [5, 5.41) is 2.91. The van der Waals surface area contributed by atoms with Gasteiger partial charge in [0.1, 0.15) is 5.75 Å². The van der Waals surface area contributed by atoms with Crippen LogP contribution in [-0.2, 0) is 0 Å². The fourth-order valence-electron chi connectivity index (χ4n) is 4.52. The molecule has 0 unspecified atom stereocenters. The van der Waals surface area contributed by atoms with Crippen LogP contribution in [0.3, 0.4) is 0 Å². The number of carbonyl (C=O) groups excluding carboxylic acids is 1. The van der Waals surface area contributed by atoms with Crippen LogP contribution >= 0.6 is 0 Å². The summed E-state index contributed by atoms with van der Waals surface area (Å²) in [7, 11) is 1.57. The number of piperidine rings is 1. The lowest BCUT2D eigenvalue weighted by molar-refractivity contribution is 0.0987. The number of anilines is 1. The van der Waals surface area contributed by atoms with Crippen molar-refractivity contribution in [1.82, 2.24) is 9.88 Å². The van der Waals surface area contributed by atoms with Crippen molar-refractivity contribution >= 4 is 17.8 Å². The molecule has 6 heteroatoms. The van der Waals surface area contributed by atoms with E-state index in [4.69, 9.17) is 9.47 Å². The maximum absolute atomic E-state index is 12.6. The summed E-state index contributed by atoms with van der Waals surface area (Å²) in [6.45, 7) is 6.10. The zero-order valence-electron chi connectivity index (χ0n) is 20.0. The maximum atomic E-state index is 12.6. The highest BCUT2D eigenvalue weighted by atomic mass is 16.5. The van der Waals surface area contributed by atoms with Gasteiger partial charge < -0.3 is 19.7 Å². The monoisotopic (exact) mass is 449 g/mol. The minimum absolute atomic E-state index is 0.0907. The molecule has 2 aliphatic rings. The summed E-state index contributed by atoms with van der Waals surface area (Å²) in [6.07, 6.45) is 10.6. The van der Waals surface area contributed by atoms with Gasteiger partial charge in [-0.1, -0.05) is 37.6 Å². The van der Waals surface area contributed by atoms with Crippen molar-refractivity contribution in [3.05, 3.63) is 53.7 Å². The Labute approximate surface area is 197 Å². The molecular formula is C27H35N3O3. The normalized spacial score (nSPS) is 18.5. The number of hydrogen-bond acceptors (Lipinski definition) is 4. The maximum Gasteiger partial charge on any atom is 0.321 e. The molecular weight excluding hydrogens is 414 g/mol. The first-order valence-corrected chi connectivity index (χ1v) is 11.9. The number of ether oxygens (including phenoxy) is 2. The molecule has 1 aromatic carbocycles. The first kappa shape index (κ1) is 23.1. The summed E-state index contributed by atoms with van der Waals surface area (Å²) >= 11 is 0. The predicted octanol–water partition coefficient (Wildman–Crippen LogP) is 6.15. The lowest BCUT2D eigenvalue weighted by atomic mass is 9.76. The van der Waals surface area contributed by atoms with Gasteiger partial charge in [-0.3, -0.25) is 0 Å². The van der Waals surface area contributed by atoms with E-state index in [1.807, 2.05) is 4.90 Å². The van der Waals surface area contributed by atoms with Crippen molar-refractivity contribution in [2.45, 2.75) is 58.5 Å². The molecule has 1 saturated carbocycles. The second kappa shape index (κ2) is 10.3. The van der Waals surface area contributed by atoms with Crippen LogP contribution in [0.25, 0.3) is 6.08 Å². The molecule has 1 aliphatic heterocycles. The topological polar surface area (TPSA) is 63.7 Å². The van der Waals surface area contributed by atoms with Gasteiger partial charge in [0.2, 0.25) is 5.88 Å². The van der Waals surface area contributed by atoms with Gasteiger partial charge >= 0.3 is 6.03 Å². The highest BCUT2D eigenvalue weighted by molar-refractivity contribution is 5.89. The molecule has 0 atom stereocenters. The fourth-order valence-corrected chi connectivity index (χ4v) is 4.52. The number of methoxy groups -OCH3 is 1. The number of nitrogens with zero attached hydrogens (tertiary/aromatic N) is 2. The fraction of sp³-hybridized carbons (Fsp3) is 0.481. The van der Waals surface area contributed by atoms with E-state index in [1.165, 1.54) is 24.0 Å². The van der Waals surface area contributed by atoms with Crippen molar-refractivity contribution in [3.63, 3.8) is 0 Å². The highest BCUT2D eigenvalue weighted by Gasteiger charge is 2.27. The van der Waals surface area contributed by atoms with E-state index in [0.717, 1.165) is 31.4 Å². The van der Waals surface area contributed by atoms with Crippen LogP contribution in [0, 0.1) is 5.41 Å². The van der Waals surface area contributed by atoms with Gasteiger partial charge in [-0.15, -0.1) is 0 Å². The van der Waals surface area contributed by atoms with Gasteiger partial charge in [-0.25, -0.2) is 9.78 Å². The smallest absolute Gasteiger partial charge is 0.321 e. The molecule has 2 amide bonds. The first-order chi connectivity index (χ1) is 15.9. The molecule has 176 valence electrons. The lowest BCUT2D eigenvalue weighted by Gasteiger charge is -2.34. The quantitative estimate of drug-likeness (QED) is 0.595. The Morgan fingerprint density at radius 1 is 1.15 bits per heavy atom. The zero-order valence-corrected chi connectivity index (χ0v) is 20.0. The molecule has 0 spiro atoms. The van der Waals surface area contributed by atoms with E-state index in [2.05, 4.69) is 54.5 Å². The molecule has 0 radical (unpaired) electrons. The van der Waals surface area contributed by atoms with E-state index < -0.39 is 0 Å². The molecule has 2 fully saturated rings. The Kier molecular flexibility index (Phi) is 7.21. The van der Waals surface area contributed by atoms with E-state index in [1.54, 1.807) is 25.4 Å². The summed E-state index contributed by atoms with van der Waals surface area (Å²) in [5.74, 6) is 1.48. The minimum atomic E-state index is -0.0907. The van der Waals surface area contributed by atoms with Crippen LogP contribution in [0.4, 0.5) is 10.5 Å². The van der Waals surface area contributed by atoms with E-state index >= 15 is 0 Å². The van der Waals surface area contributed by atoms with Crippen LogP contribution in [0.1, 0.15) is 57.9 Å². The second-order valence-corrected chi connectivity index (χ2v) is 9.86. The number of rotatable bonds is 5. The number of hydrogen-bond donors (Lipinski definition) is 1. The largest absolute Gasteiger partial charge is 0.490 e. The molecule has 1 saturated heterocycles. The summed E-state index contributed by atoms with van der Waals surface area (Å²) in [4.78, 5) is 18.6. The van der Waals surface area contributed by atoms with Crippen LogP contribution in [0.15, 0.2) is 48.2 Å². The summed E-state index contributed by atoms with van der Waals surface area (Å²) in [6, 6.07) is 11.8. The Morgan fingerprint density at radius 3 is 2.58 bits per heavy atom. The van der Waals surface area contributed by atoms with Crippen molar-refractivity contribution in [2.24, 2.45) is 5.41 Å². The van der Waals surface area contributed by atoms with Crippen molar-refractivity contribution in [1.29, 1.82) is 0 Å². The van der Waals surface area contributed by atoms with E-state index in [-0.39, 0.29) is 6.03 Å². The van der Waals surface area contributed by atoms with Crippen LogP contribution in [0.2, 0.25) is 0 Å². The van der Waals surface area contributed by atoms with Crippen LogP contribution in [-0.4, -0.2) is 42.2 Å². The SMILES string of the molecule is COc1ccc(NC(=O)N2CCC(=Cc3cccc(OC4CCC(C)(C)CC4)c3)CC2)cn1. The Bertz CT molecular complexity index is 964. The van der Waals surface area contributed by atoms with Crippen LogP contribution < -0.4 is 14.8 Å². The number of nitrogens with one attached hydrogen (secondary N) is 1. The third-order valence-corrected chi connectivity index (χ3v) is 6.71. The first-order valence-electron chi connectivity index (χ1n) is 11.9. The molecule has 1 N–H and O–H groups in total. The third kappa shape index (κ3) is 6.50. The number of benzene rings is 1. The van der Waals surface area contributed by atoms with Gasteiger partial charge in [-0.05, 0) is 67.7 Å². The van der Waals surface area contributed by atoms with Gasteiger partial charge in [0, 0.05) is 19.2 Å². The third-order valence-electron chi connectivity index (χ3n) is 6.71. The Balaban J connectivity index is 1.28. The molecule has 2 aromatic rings. The number of urea groups is 1. The zero-order chi connectivity index (χ0) is 23.3. The van der Waals surface area contributed by atoms with Crippen LogP contribution in [0.5, 0.6) is 11.6 Å². The molecule has 1 aromatic heterocycles. The molecule has 33 heavy (non-hydrogen) atoms. The Morgan fingerprint density at radius 2 is 1.91 bits per heavy atom. The number of carbonyl (C=O) groups is 1. The van der Waals surface area contributed by atoms with Gasteiger partial charge in [-0.2, -0.15) is 0 Å². The van der Waals surface area contributed by atoms with Crippen molar-refractivity contribution < 1.29 is 14.3 Å². The van der Waals surface area contributed by atoms with Gasteiger partial charge in [0.05, 0.1) is 25.1 Å². The predicted molar refractivity (Wildman–Crippen MR) is 132 cm³/mol. The number of aromatic nitrogens is 1. The van der Waals surface area contributed by atoms with Crippen molar-refractivity contribution in [3.8, 4) is 11.6 Å². The number of likely N-dealkylation sites (tertiary alicyclic amines) is 1. The molecule has 4 rings (SSSR count). The summed E-state index contributed by atoms with van der Waals surface area (Å²) < 4.78 is 11.4. The second-order valence-electron chi connectivity index (χ2n) is 9.86. The van der Waals surface area contributed by atoms with E-state index in [0.29, 0.717) is 36.2 Å². The minimum Gasteiger partial charge on any atom is -0.490 e. The average molecular weight is 450 g/mol. The molecule has 2 heterocycles. The highest BCUT2D eigenvalue weighted by Crippen LogP contribution is 2.36. The summed E-state index contributed by atoms with van der Waals surface area (Å²) in [5.41, 5.74) is 3.65.